The Hall–Kier alpha value is -1.26. The summed E-state index contributed by atoms with van der Waals surface area (Å²) in [5.74, 6) is -0.366. The van der Waals surface area contributed by atoms with Crippen molar-refractivity contribution in [1.29, 1.82) is 0 Å². The van der Waals surface area contributed by atoms with Gasteiger partial charge in [0.15, 0.2) is 0 Å². The van der Waals surface area contributed by atoms with E-state index in [9.17, 15) is 14.7 Å². The molecule has 0 aromatic rings. The summed E-state index contributed by atoms with van der Waals surface area (Å²) in [5, 5.41) is 9.23. The fourth-order valence-electron chi connectivity index (χ4n) is 3.26. The Morgan fingerprint density at radius 2 is 1.76 bits per heavy atom. The van der Waals surface area contributed by atoms with E-state index < -0.39 is 11.5 Å². The van der Waals surface area contributed by atoms with Crippen molar-refractivity contribution in [3.05, 3.63) is 0 Å². The predicted molar refractivity (Wildman–Crippen MR) is 83.3 cm³/mol. The molecule has 0 saturated heterocycles. The smallest absolute Gasteiger partial charge is 0.319 e. The van der Waals surface area contributed by atoms with Gasteiger partial charge in [0.25, 0.3) is 0 Å². The van der Waals surface area contributed by atoms with Crippen LogP contribution in [0.3, 0.4) is 0 Å². The number of carboxylic acid groups (broad SMARTS) is 1. The Morgan fingerprint density at radius 1 is 1.19 bits per heavy atom. The van der Waals surface area contributed by atoms with E-state index in [1.165, 1.54) is 0 Å². The van der Waals surface area contributed by atoms with Gasteiger partial charge in [0.2, 0.25) is 0 Å². The maximum Gasteiger partial charge on any atom is 0.319 e. The highest BCUT2D eigenvalue weighted by molar-refractivity contribution is 5.76. The summed E-state index contributed by atoms with van der Waals surface area (Å²) in [6.07, 6.45) is 5.79. The quantitative estimate of drug-likeness (QED) is 0.819. The van der Waals surface area contributed by atoms with Gasteiger partial charge in [-0.05, 0) is 18.8 Å². The monoisotopic (exact) mass is 298 g/mol. The second-order valence-corrected chi connectivity index (χ2v) is 6.59. The lowest BCUT2D eigenvalue weighted by atomic mass is 9.78. The molecule has 1 aliphatic carbocycles. The van der Waals surface area contributed by atoms with Gasteiger partial charge in [-0.25, -0.2) is 4.79 Å². The zero-order valence-corrected chi connectivity index (χ0v) is 13.9. The number of urea groups is 1. The lowest BCUT2D eigenvalue weighted by Crippen LogP contribution is -2.55. The van der Waals surface area contributed by atoms with E-state index in [4.69, 9.17) is 0 Å². The molecule has 5 nitrogen and oxygen atoms in total. The maximum absolute atomic E-state index is 12.6. The minimum Gasteiger partial charge on any atom is -0.481 e. The van der Waals surface area contributed by atoms with Gasteiger partial charge < -0.3 is 14.9 Å². The van der Waals surface area contributed by atoms with Gasteiger partial charge in [0.05, 0.1) is 12.0 Å². The predicted octanol–water partition coefficient (Wildman–Crippen LogP) is 3.19. The molecule has 21 heavy (non-hydrogen) atoms. The number of rotatable bonds is 6. The zero-order valence-electron chi connectivity index (χ0n) is 13.9. The highest BCUT2D eigenvalue weighted by Crippen LogP contribution is 2.36. The number of aliphatic carboxylic acids is 1. The first-order valence-electron chi connectivity index (χ1n) is 8.03. The molecule has 0 aromatic carbocycles. The van der Waals surface area contributed by atoms with Gasteiger partial charge >= 0.3 is 12.0 Å². The largest absolute Gasteiger partial charge is 0.481 e. The number of carbonyl (C=O) groups excluding carboxylic acids is 1. The van der Waals surface area contributed by atoms with E-state index in [-0.39, 0.29) is 12.5 Å². The van der Waals surface area contributed by atoms with Crippen molar-refractivity contribution in [2.24, 2.45) is 5.92 Å². The van der Waals surface area contributed by atoms with Crippen molar-refractivity contribution in [2.75, 3.05) is 20.6 Å². The van der Waals surface area contributed by atoms with Crippen LogP contribution in [0.5, 0.6) is 0 Å². The van der Waals surface area contributed by atoms with Crippen molar-refractivity contribution >= 4 is 12.0 Å². The van der Waals surface area contributed by atoms with Crippen LogP contribution < -0.4 is 0 Å². The highest BCUT2D eigenvalue weighted by Gasteiger charge is 2.41. The molecule has 1 saturated carbocycles. The molecule has 1 fully saturated rings. The average molecular weight is 298 g/mol. The minimum absolute atomic E-state index is 0.0480. The van der Waals surface area contributed by atoms with Crippen molar-refractivity contribution in [1.82, 2.24) is 9.80 Å². The molecule has 122 valence electrons. The summed E-state index contributed by atoms with van der Waals surface area (Å²) in [5.41, 5.74) is -0.509. The number of carboxylic acids is 1. The zero-order chi connectivity index (χ0) is 16.0. The van der Waals surface area contributed by atoms with Gasteiger partial charge in [-0.1, -0.05) is 39.5 Å². The van der Waals surface area contributed by atoms with Crippen LogP contribution >= 0.6 is 0 Å². The molecular weight excluding hydrogens is 268 g/mol. The molecule has 0 spiro atoms. The van der Waals surface area contributed by atoms with Crippen LogP contribution in [0.15, 0.2) is 0 Å². The van der Waals surface area contributed by atoms with E-state index in [0.29, 0.717) is 12.5 Å². The molecule has 1 aliphatic rings. The van der Waals surface area contributed by atoms with Gasteiger partial charge in [0, 0.05) is 20.6 Å². The van der Waals surface area contributed by atoms with Crippen molar-refractivity contribution in [3.8, 4) is 0 Å². The molecule has 0 aliphatic heterocycles. The molecule has 1 atom stereocenters. The molecule has 1 unspecified atom stereocenters. The van der Waals surface area contributed by atoms with Crippen LogP contribution in [-0.2, 0) is 4.79 Å². The summed E-state index contributed by atoms with van der Waals surface area (Å²) in [4.78, 5) is 27.3. The third-order valence-corrected chi connectivity index (χ3v) is 4.87. The van der Waals surface area contributed by atoms with Gasteiger partial charge in [-0.3, -0.25) is 4.79 Å². The van der Waals surface area contributed by atoms with Crippen LogP contribution in [0, 0.1) is 5.92 Å². The molecule has 1 rings (SSSR count). The Labute approximate surface area is 128 Å². The Balaban J connectivity index is 2.81. The van der Waals surface area contributed by atoms with Crippen molar-refractivity contribution in [2.45, 2.75) is 64.3 Å². The standard InChI is InChI=1S/C16H30N2O3/c1-5-13(2)12-17(3)15(21)18(4)16(11-14(19)20)9-7-6-8-10-16/h13H,5-12H2,1-4H3,(H,19,20). The highest BCUT2D eigenvalue weighted by atomic mass is 16.4. The molecule has 0 radical (unpaired) electrons. The summed E-state index contributed by atoms with van der Waals surface area (Å²) >= 11 is 0. The minimum atomic E-state index is -0.818. The third kappa shape index (κ3) is 4.61. The molecule has 1 N–H and O–H groups in total. The first-order valence-corrected chi connectivity index (χ1v) is 8.03. The van der Waals surface area contributed by atoms with Crippen molar-refractivity contribution in [3.63, 3.8) is 0 Å². The molecular formula is C16H30N2O3. The molecule has 0 bridgehead atoms. The molecule has 2 amide bonds. The van der Waals surface area contributed by atoms with E-state index in [1.54, 1.807) is 16.8 Å². The topological polar surface area (TPSA) is 60.9 Å². The molecule has 5 heteroatoms. The first-order chi connectivity index (χ1) is 9.82. The summed E-state index contributed by atoms with van der Waals surface area (Å²) < 4.78 is 0. The Morgan fingerprint density at radius 3 is 2.24 bits per heavy atom. The Bertz CT molecular complexity index is 365. The SMILES string of the molecule is CCC(C)CN(C)C(=O)N(C)C1(CC(=O)O)CCCCC1. The van der Waals surface area contributed by atoms with Crippen molar-refractivity contribution < 1.29 is 14.7 Å². The number of hydrogen-bond acceptors (Lipinski definition) is 2. The number of hydrogen-bond donors (Lipinski definition) is 1. The molecule has 0 aromatic heterocycles. The van der Waals surface area contributed by atoms with Gasteiger partial charge in [-0.2, -0.15) is 0 Å². The average Bonchev–Trinajstić information content (AvgIpc) is 2.45. The maximum atomic E-state index is 12.6. The van der Waals surface area contributed by atoms with Gasteiger partial charge in [-0.15, -0.1) is 0 Å². The van der Waals surface area contributed by atoms with E-state index in [1.807, 2.05) is 7.05 Å². The van der Waals surface area contributed by atoms with E-state index in [0.717, 1.165) is 38.5 Å². The second kappa shape index (κ2) is 7.66. The fraction of sp³-hybridized carbons (Fsp3) is 0.875. The number of nitrogens with zero attached hydrogens (tertiary/aromatic N) is 2. The lowest BCUT2D eigenvalue weighted by molar-refractivity contribution is -0.140. The Kier molecular flexibility index (Phi) is 6.49. The van der Waals surface area contributed by atoms with Crippen LogP contribution in [0.25, 0.3) is 0 Å². The molecule has 0 heterocycles. The summed E-state index contributed by atoms with van der Waals surface area (Å²) in [7, 11) is 3.58. The second-order valence-electron chi connectivity index (χ2n) is 6.59. The van der Waals surface area contributed by atoms with E-state index in [2.05, 4.69) is 13.8 Å². The van der Waals surface area contributed by atoms with Crippen LogP contribution in [0.4, 0.5) is 4.79 Å². The fourth-order valence-corrected chi connectivity index (χ4v) is 3.26. The first kappa shape index (κ1) is 17.8. The van der Waals surface area contributed by atoms with Crippen LogP contribution in [-0.4, -0.2) is 53.1 Å². The van der Waals surface area contributed by atoms with Crippen LogP contribution in [0.1, 0.15) is 58.8 Å². The van der Waals surface area contributed by atoms with Crippen LogP contribution in [0.2, 0.25) is 0 Å². The lowest BCUT2D eigenvalue weighted by Gasteiger charge is -2.45. The third-order valence-electron chi connectivity index (χ3n) is 4.87. The summed E-state index contributed by atoms with van der Waals surface area (Å²) in [6, 6.07) is -0.0570. The van der Waals surface area contributed by atoms with E-state index >= 15 is 0 Å². The number of carbonyl (C=O) groups is 2. The normalized spacial score (nSPS) is 18.9. The van der Waals surface area contributed by atoms with Gasteiger partial charge in [0.1, 0.15) is 0 Å². The number of amides is 2. The summed E-state index contributed by atoms with van der Waals surface area (Å²) in [6.45, 7) is 4.94.